The lowest BCUT2D eigenvalue weighted by Crippen LogP contribution is -2.37. The second-order valence-corrected chi connectivity index (χ2v) is 6.61. The Morgan fingerprint density at radius 3 is 3.19 bits per heavy atom. The van der Waals surface area contributed by atoms with E-state index in [1.165, 1.54) is 18.4 Å². The van der Waals surface area contributed by atoms with Gasteiger partial charge >= 0.3 is 0 Å². The Balaban J connectivity index is 1.53. The molecule has 5 heteroatoms. The summed E-state index contributed by atoms with van der Waals surface area (Å²) in [6.45, 7) is 4.39. The molecule has 116 valence electrons. The van der Waals surface area contributed by atoms with E-state index < -0.39 is 0 Å². The van der Waals surface area contributed by atoms with Gasteiger partial charge in [0.05, 0.1) is 17.9 Å². The van der Waals surface area contributed by atoms with E-state index in [2.05, 4.69) is 27.8 Å². The third-order valence-electron chi connectivity index (χ3n) is 5.02. The number of carbonyl (C=O) groups excluding carboxylic acids is 1. The molecule has 1 aromatic heterocycles. The predicted molar refractivity (Wildman–Crippen MR) is 81.8 cm³/mol. The van der Waals surface area contributed by atoms with E-state index in [-0.39, 0.29) is 11.9 Å². The molecule has 2 aliphatic rings. The van der Waals surface area contributed by atoms with Gasteiger partial charge in [-0.15, -0.1) is 0 Å². The first-order chi connectivity index (χ1) is 10.2. The normalized spacial score (nSPS) is 26.9. The smallest absolute Gasteiger partial charge is 0.220 e. The van der Waals surface area contributed by atoms with Crippen molar-refractivity contribution in [2.45, 2.75) is 51.5 Å². The van der Waals surface area contributed by atoms with Crippen molar-refractivity contribution in [1.82, 2.24) is 20.8 Å². The van der Waals surface area contributed by atoms with Gasteiger partial charge in [0.2, 0.25) is 5.91 Å². The number of H-pyrrole nitrogens is 1. The number of rotatable bonds is 4. The van der Waals surface area contributed by atoms with Crippen LogP contribution in [0.25, 0.3) is 0 Å². The van der Waals surface area contributed by atoms with Crippen molar-refractivity contribution < 1.29 is 4.79 Å². The van der Waals surface area contributed by atoms with Crippen LogP contribution in [0.3, 0.4) is 0 Å². The SMILES string of the molecule is CC(CC(=O)NC1CCCc2cn[nH]c21)C1CCCNC1. The van der Waals surface area contributed by atoms with E-state index in [1.807, 2.05) is 6.20 Å². The number of amides is 1. The highest BCUT2D eigenvalue weighted by atomic mass is 16.1. The molecule has 1 saturated heterocycles. The van der Waals surface area contributed by atoms with Crippen LogP contribution in [-0.2, 0) is 11.2 Å². The van der Waals surface area contributed by atoms with Crippen LogP contribution in [0.2, 0.25) is 0 Å². The van der Waals surface area contributed by atoms with Gasteiger partial charge in [-0.05, 0) is 62.6 Å². The fourth-order valence-corrected chi connectivity index (χ4v) is 3.68. The van der Waals surface area contributed by atoms with E-state index in [9.17, 15) is 4.79 Å². The van der Waals surface area contributed by atoms with Gasteiger partial charge < -0.3 is 10.6 Å². The molecule has 3 atom stereocenters. The lowest BCUT2D eigenvalue weighted by atomic mass is 9.85. The van der Waals surface area contributed by atoms with Crippen LogP contribution in [0.15, 0.2) is 6.20 Å². The highest BCUT2D eigenvalue weighted by Gasteiger charge is 2.26. The Morgan fingerprint density at radius 2 is 2.38 bits per heavy atom. The number of carbonyl (C=O) groups is 1. The van der Waals surface area contributed by atoms with Crippen molar-refractivity contribution in [2.75, 3.05) is 13.1 Å². The zero-order chi connectivity index (χ0) is 14.7. The molecule has 1 fully saturated rings. The molecule has 0 bridgehead atoms. The highest BCUT2D eigenvalue weighted by molar-refractivity contribution is 5.76. The summed E-state index contributed by atoms with van der Waals surface area (Å²) in [6.07, 6.45) is 8.21. The second-order valence-electron chi connectivity index (χ2n) is 6.61. The Kier molecular flexibility index (Phi) is 4.58. The molecule has 0 spiro atoms. The van der Waals surface area contributed by atoms with Gasteiger partial charge in [0.1, 0.15) is 0 Å². The summed E-state index contributed by atoms with van der Waals surface area (Å²) in [5, 5.41) is 13.8. The molecular formula is C16H26N4O. The monoisotopic (exact) mass is 290 g/mol. The van der Waals surface area contributed by atoms with Crippen molar-refractivity contribution >= 4 is 5.91 Å². The van der Waals surface area contributed by atoms with Crippen LogP contribution >= 0.6 is 0 Å². The van der Waals surface area contributed by atoms with Crippen LogP contribution in [0.5, 0.6) is 0 Å². The molecule has 1 amide bonds. The number of nitrogens with zero attached hydrogens (tertiary/aromatic N) is 1. The van der Waals surface area contributed by atoms with E-state index in [0.717, 1.165) is 38.0 Å². The fraction of sp³-hybridized carbons (Fsp3) is 0.750. The first-order valence-corrected chi connectivity index (χ1v) is 8.26. The fourth-order valence-electron chi connectivity index (χ4n) is 3.68. The second kappa shape index (κ2) is 6.60. The Bertz CT molecular complexity index is 478. The number of fused-ring (bicyclic) bond motifs is 1. The molecule has 3 rings (SSSR count). The van der Waals surface area contributed by atoms with Gasteiger partial charge in [-0.25, -0.2) is 0 Å². The number of piperidine rings is 1. The minimum absolute atomic E-state index is 0.125. The number of aryl methyl sites for hydroxylation is 1. The summed E-state index contributed by atoms with van der Waals surface area (Å²) in [6, 6.07) is 0.125. The predicted octanol–water partition coefficient (Wildman–Crippen LogP) is 1.93. The van der Waals surface area contributed by atoms with E-state index >= 15 is 0 Å². The van der Waals surface area contributed by atoms with Crippen molar-refractivity contribution in [3.05, 3.63) is 17.5 Å². The Morgan fingerprint density at radius 1 is 1.48 bits per heavy atom. The zero-order valence-corrected chi connectivity index (χ0v) is 12.8. The summed E-state index contributed by atoms with van der Waals surface area (Å²) < 4.78 is 0. The van der Waals surface area contributed by atoms with Crippen LogP contribution in [0.1, 0.15) is 56.3 Å². The number of nitrogens with one attached hydrogen (secondary N) is 3. The highest BCUT2D eigenvalue weighted by Crippen LogP contribution is 2.28. The molecular weight excluding hydrogens is 264 g/mol. The molecule has 1 aliphatic carbocycles. The molecule has 0 saturated carbocycles. The first-order valence-electron chi connectivity index (χ1n) is 8.26. The molecule has 1 aromatic rings. The summed E-state index contributed by atoms with van der Waals surface area (Å²) in [5.41, 5.74) is 2.37. The molecule has 21 heavy (non-hydrogen) atoms. The quantitative estimate of drug-likeness (QED) is 0.793. The Labute approximate surface area is 126 Å². The summed E-state index contributed by atoms with van der Waals surface area (Å²) in [4.78, 5) is 12.3. The topological polar surface area (TPSA) is 69.8 Å². The standard InChI is InChI=1S/C16H26N4O/c1-11(12-5-3-7-17-9-12)8-15(21)19-14-6-2-4-13-10-18-20-16(13)14/h10-12,14,17H,2-9H2,1H3,(H,18,20)(H,19,21). The van der Waals surface area contributed by atoms with Crippen LogP contribution in [0, 0.1) is 11.8 Å². The number of hydrogen-bond acceptors (Lipinski definition) is 3. The number of aromatic amines is 1. The molecule has 3 unspecified atom stereocenters. The molecule has 5 nitrogen and oxygen atoms in total. The average Bonchev–Trinajstić information content (AvgIpc) is 2.97. The molecule has 0 radical (unpaired) electrons. The summed E-state index contributed by atoms with van der Waals surface area (Å²) >= 11 is 0. The van der Waals surface area contributed by atoms with E-state index in [1.54, 1.807) is 0 Å². The van der Waals surface area contributed by atoms with Gasteiger partial charge in [0.15, 0.2) is 0 Å². The van der Waals surface area contributed by atoms with Crippen LogP contribution < -0.4 is 10.6 Å². The maximum absolute atomic E-state index is 12.3. The lowest BCUT2D eigenvalue weighted by Gasteiger charge is -2.29. The lowest BCUT2D eigenvalue weighted by molar-refractivity contribution is -0.123. The maximum Gasteiger partial charge on any atom is 0.220 e. The first kappa shape index (κ1) is 14.6. The van der Waals surface area contributed by atoms with Crippen LogP contribution in [0.4, 0.5) is 0 Å². The molecule has 2 heterocycles. The third-order valence-corrected chi connectivity index (χ3v) is 5.02. The van der Waals surface area contributed by atoms with E-state index in [0.29, 0.717) is 18.3 Å². The molecule has 1 aliphatic heterocycles. The molecule has 3 N–H and O–H groups in total. The number of aromatic nitrogens is 2. The van der Waals surface area contributed by atoms with Crippen molar-refractivity contribution in [2.24, 2.45) is 11.8 Å². The van der Waals surface area contributed by atoms with Gasteiger partial charge in [-0.1, -0.05) is 6.92 Å². The van der Waals surface area contributed by atoms with Gasteiger partial charge in [0.25, 0.3) is 0 Å². The number of hydrogen-bond donors (Lipinski definition) is 3. The minimum atomic E-state index is 0.125. The van der Waals surface area contributed by atoms with Crippen molar-refractivity contribution in [1.29, 1.82) is 0 Å². The van der Waals surface area contributed by atoms with E-state index in [4.69, 9.17) is 0 Å². The average molecular weight is 290 g/mol. The molecule has 0 aromatic carbocycles. The summed E-state index contributed by atoms with van der Waals surface area (Å²) in [5.74, 6) is 1.27. The zero-order valence-electron chi connectivity index (χ0n) is 12.8. The van der Waals surface area contributed by atoms with Crippen LogP contribution in [-0.4, -0.2) is 29.2 Å². The van der Waals surface area contributed by atoms with Gasteiger partial charge in [-0.2, -0.15) is 5.10 Å². The maximum atomic E-state index is 12.3. The third kappa shape index (κ3) is 3.46. The van der Waals surface area contributed by atoms with Crippen molar-refractivity contribution in [3.8, 4) is 0 Å². The largest absolute Gasteiger partial charge is 0.348 e. The minimum Gasteiger partial charge on any atom is -0.348 e. The Hall–Kier alpha value is -1.36. The van der Waals surface area contributed by atoms with Crippen molar-refractivity contribution in [3.63, 3.8) is 0 Å². The summed E-state index contributed by atoms with van der Waals surface area (Å²) in [7, 11) is 0. The van der Waals surface area contributed by atoms with Gasteiger partial charge in [-0.3, -0.25) is 9.89 Å². The van der Waals surface area contributed by atoms with Gasteiger partial charge in [0, 0.05) is 6.42 Å².